The topological polar surface area (TPSA) is 87.2 Å². The summed E-state index contributed by atoms with van der Waals surface area (Å²) in [4.78, 5) is 46.4. The lowest BCUT2D eigenvalue weighted by molar-refractivity contribution is -0.154. The highest BCUT2D eigenvalue weighted by molar-refractivity contribution is 8.02. The molecule has 0 aliphatic carbocycles. The first kappa shape index (κ1) is 30.1. The number of ether oxygens (including phenoxy) is 1. The van der Waals surface area contributed by atoms with E-state index in [-0.39, 0.29) is 42.7 Å². The van der Waals surface area contributed by atoms with Gasteiger partial charge in [-0.2, -0.15) is 0 Å². The van der Waals surface area contributed by atoms with Crippen LogP contribution in [0.1, 0.15) is 30.0 Å². The molecule has 2 aromatic rings. The van der Waals surface area contributed by atoms with Crippen molar-refractivity contribution in [2.45, 2.75) is 55.7 Å². The van der Waals surface area contributed by atoms with Gasteiger partial charge in [-0.3, -0.25) is 14.4 Å². The van der Waals surface area contributed by atoms with Gasteiger partial charge in [0.25, 0.3) is 5.91 Å². The van der Waals surface area contributed by atoms with Crippen LogP contribution in [-0.2, 0) is 25.5 Å². The van der Waals surface area contributed by atoms with Gasteiger partial charge in [-0.25, -0.2) is 0 Å². The SMILES string of the molecule is C=CCOC(=O)[C@@H]1[C@@H]2CC(C)C3(S2)C(C(=O)N(CC=C)c2cc(C)ccc2C)N([C@@H](CO)Cc2ccccc2)C(=O)[C@H]13. The minimum absolute atomic E-state index is 0.0101. The van der Waals surface area contributed by atoms with Crippen molar-refractivity contribution in [2.24, 2.45) is 17.8 Å². The first-order valence-electron chi connectivity index (χ1n) is 14.6. The number of carbonyl (C=O) groups excluding carboxylic acids is 3. The first-order chi connectivity index (χ1) is 20.2. The average molecular weight is 589 g/mol. The number of carbonyl (C=O) groups is 3. The zero-order chi connectivity index (χ0) is 30.2. The zero-order valence-electron chi connectivity index (χ0n) is 24.6. The minimum atomic E-state index is -0.877. The number of aryl methyl sites for hydroxylation is 2. The summed E-state index contributed by atoms with van der Waals surface area (Å²) in [6, 6.07) is 14.1. The number of thioether (sulfide) groups is 1. The molecular formula is C34H40N2O5S. The molecule has 1 spiro atoms. The second-order valence-electron chi connectivity index (χ2n) is 11.8. The van der Waals surface area contributed by atoms with Crippen LogP contribution in [-0.4, -0.2) is 69.6 Å². The molecule has 7 nitrogen and oxygen atoms in total. The van der Waals surface area contributed by atoms with Crippen molar-refractivity contribution in [2.75, 3.05) is 24.7 Å². The quantitative estimate of drug-likeness (QED) is 0.308. The Labute approximate surface area is 252 Å². The van der Waals surface area contributed by atoms with Crippen LogP contribution in [0.15, 0.2) is 73.8 Å². The van der Waals surface area contributed by atoms with Crippen LogP contribution in [0.2, 0.25) is 0 Å². The normalized spacial score (nSPS) is 28.3. The fraction of sp³-hybridized carbons (Fsp3) is 0.441. The number of hydrogen-bond acceptors (Lipinski definition) is 6. The molecule has 0 radical (unpaired) electrons. The molecular weight excluding hydrogens is 548 g/mol. The summed E-state index contributed by atoms with van der Waals surface area (Å²) in [5.74, 6) is -2.30. The van der Waals surface area contributed by atoms with Gasteiger partial charge in [0.05, 0.1) is 29.2 Å². The molecule has 222 valence electrons. The number of fused-ring (bicyclic) bond motifs is 1. The van der Waals surface area contributed by atoms with Crippen molar-refractivity contribution in [1.29, 1.82) is 0 Å². The number of esters is 1. The number of anilines is 1. The molecule has 2 amide bonds. The van der Waals surface area contributed by atoms with Crippen molar-refractivity contribution in [3.05, 3.63) is 90.5 Å². The summed E-state index contributed by atoms with van der Waals surface area (Å²) in [5, 5.41) is 10.6. The first-order valence-corrected chi connectivity index (χ1v) is 15.5. The number of benzene rings is 2. The smallest absolute Gasteiger partial charge is 0.311 e. The Morgan fingerprint density at radius 2 is 1.93 bits per heavy atom. The van der Waals surface area contributed by atoms with Crippen molar-refractivity contribution in [3.63, 3.8) is 0 Å². The van der Waals surface area contributed by atoms with Gasteiger partial charge in [-0.05, 0) is 55.4 Å². The van der Waals surface area contributed by atoms with Gasteiger partial charge in [0.1, 0.15) is 12.6 Å². The number of nitrogens with zero attached hydrogens (tertiary/aromatic N) is 2. The predicted molar refractivity (Wildman–Crippen MR) is 166 cm³/mol. The van der Waals surface area contributed by atoms with Crippen LogP contribution in [0.5, 0.6) is 0 Å². The van der Waals surface area contributed by atoms with Gasteiger partial charge >= 0.3 is 5.97 Å². The maximum absolute atomic E-state index is 15.0. The molecule has 8 heteroatoms. The number of aliphatic hydroxyl groups is 1. The molecule has 42 heavy (non-hydrogen) atoms. The highest BCUT2D eigenvalue weighted by atomic mass is 32.2. The third-order valence-corrected chi connectivity index (χ3v) is 11.3. The fourth-order valence-corrected chi connectivity index (χ4v) is 9.76. The van der Waals surface area contributed by atoms with Crippen molar-refractivity contribution in [3.8, 4) is 0 Å². The molecule has 2 bridgehead atoms. The largest absolute Gasteiger partial charge is 0.461 e. The molecule has 5 rings (SSSR count). The summed E-state index contributed by atoms with van der Waals surface area (Å²) in [5.41, 5.74) is 3.67. The summed E-state index contributed by atoms with van der Waals surface area (Å²) >= 11 is 1.60. The Morgan fingerprint density at radius 3 is 2.60 bits per heavy atom. The van der Waals surface area contributed by atoms with Gasteiger partial charge in [0.15, 0.2) is 0 Å². The van der Waals surface area contributed by atoms with Gasteiger partial charge in [-0.1, -0.05) is 68.1 Å². The maximum atomic E-state index is 15.0. The number of aliphatic hydroxyl groups excluding tert-OH is 1. The molecule has 3 heterocycles. The third kappa shape index (κ3) is 4.88. The molecule has 3 aliphatic heterocycles. The molecule has 3 fully saturated rings. The number of hydrogen-bond donors (Lipinski definition) is 1. The van der Waals surface area contributed by atoms with E-state index in [2.05, 4.69) is 20.1 Å². The van der Waals surface area contributed by atoms with E-state index < -0.39 is 34.6 Å². The van der Waals surface area contributed by atoms with E-state index in [1.54, 1.807) is 27.6 Å². The highest BCUT2D eigenvalue weighted by Gasteiger charge is 2.77. The monoisotopic (exact) mass is 588 g/mol. The lowest BCUT2D eigenvalue weighted by Gasteiger charge is -2.42. The van der Waals surface area contributed by atoms with Crippen LogP contribution < -0.4 is 4.90 Å². The zero-order valence-corrected chi connectivity index (χ0v) is 25.4. The van der Waals surface area contributed by atoms with E-state index in [4.69, 9.17) is 4.74 Å². The van der Waals surface area contributed by atoms with Crippen molar-refractivity contribution < 1.29 is 24.2 Å². The third-order valence-electron chi connectivity index (χ3n) is 9.18. The second kappa shape index (κ2) is 12.1. The Balaban J connectivity index is 1.65. The van der Waals surface area contributed by atoms with E-state index in [1.807, 2.05) is 62.4 Å². The van der Waals surface area contributed by atoms with Gasteiger partial charge < -0.3 is 19.6 Å². The van der Waals surface area contributed by atoms with E-state index in [1.165, 1.54) is 6.08 Å². The van der Waals surface area contributed by atoms with E-state index in [9.17, 15) is 14.7 Å². The van der Waals surface area contributed by atoms with E-state index in [0.717, 1.165) is 22.4 Å². The Bertz CT molecular complexity index is 1380. The Hall–Kier alpha value is -3.36. The van der Waals surface area contributed by atoms with Crippen LogP contribution in [0, 0.1) is 31.6 Å². The molecule has 3 aliphatic rings. The molecule has 0 saturated carbocycles. The average Bonchev–Trinajstić information content (AvgIpc) is 3.58. The minimum Gasteiger partial charge on any atom is -0.461 e. The lowest BCUT2D eigenvalue weighted by atomic mass is 9.66. The number of rotatable bonds is 11. The van der Waals surface area contributed by atoms with Gasteiger partial charge in [0, 0.05) is 17.5 Å². The summed E-state index contributed by atoms with van der Waals surface area (Å²) < 4.78 is 4.68. The summed E-state index contributed by atoms with van der Waals surface area (Å²) in [7, 11) is 0. The summed E-state index contributed by atoms with van der Waals surface area (Å²) in [6.45, 7) is 13.6. The van der Waals surface area contributed by atoms with Crippen LogP contribution >= 0.6 is 11.8 Å². The highest BCUT2D eigenvalue weighted by Crippen LogP contribution is 2.69. The van der Waals surface area contributed by atoms with Gasteiger partial charge in [-0.15, -0.1) is 18.3 Å². The molecule has 3 unspecified atom stereocenters. The maximum Gasteiger partial charge on any atom is 0.311 e. The van der Waals surface area contributed by atoms with Crippen molar-refractivity contribution >= 4 is 35.2 Å². The van der Waals surface area contributed by atoms with Gasteiger partial charge in [0.2, 0.25) is 5.91 Å². The van der Waals surface area contributed by atoms with E-state index >= 15 is 4.79 Å². The fourth-order valence-electron chi connectivity index (χ4n) is 7.37. The Morgan fingerprint density at radius 1 is 1.19 bits per heavy atom. The lowest BCUT2D eigenvalue weighted by Crippen LogP contribution is -2.59. The molecule has 1 N–H and O–H groups in total. The second-order valence-corrected chi connectivity index (χ2v) is 13.3. The number of likely N-dealkylation sites (tertiary alicyclic amines) is 1. The standard InChI is InChI=1S/C34H40N2O5S/c1-6-15-35(26-17-21(3)13-14-22(26)4)32(39)30-34-23(5)18-27(42-34)28(33(40)41-16-7-2)29(34)31(38)36(30)25(20-37)19-24-11-9-8-10-12-24/h6-14,17,23,25,27-30,37H,1-2,15-16,18-20H2,3-5H3/t23?,25-,27+,28-,29+,30?,34?/m1/s1. The van der Waals surface area contributed by atoms with Crippen molar-refractivity contribution in [1.82, 2.24) is 4.90 Å². The predicted octanol–water partition coefficient (Wildman–Crippen LogP) is 4.49. The summed E-state index contributed by atoms with van der Waals surface area (Å²) in [6.07, 6.45) is 4.30. The molecule has 7 atom stereocenters. The number of amides is 2. The van der Waals surface area contributed by atoms with Crippen LogP contribution in [0.3, 0.4) is 0 Å². The Kier molecular flexibility index (Phi) is 8.67. The molecule has 0 aromatic heterocycles. The molecule has 2 aromatic carbocycles. The van der Waals surface area contributed by atoms with Crippen LogP contribution in [0.25, 0.3) is 0 Å². The molecule has 3 saturated heterocycles. The van der Waals surface area contributed by atoms with Crippen LogP contribution in [0.4, 0.5) is 5.69 Å². The van der Waals surface area contributed by atoms with E-state index in [0.29, 0.717) is 12.8 Å².